The summed E-state index contributed by atoms with van der Waals surface area (Å²) in [7, 11) is 3.71. The second-order valence-corrected chi connectivity index (χ2v) is 4.37. The Labute approximate surface area is 99.4 Å². The third-order valence-corrected chi connectivity index (χ3v) is 3.02. The van der Waals surface area contributed by atoms with E-state index in [0.717, 1.165) is 10.9 Å². The highest BCUT2D eigenvalue weighted by Gasteiger charge is 2.18. The van der Waals surface area contributed by atoms with Crippen molar-refractivity contribution in [3.05, 3.63) is 36.3 Å². The summed E-state index contributed by atoms with van der Waals surface area (Å²) in [5.74, 6) is -0.306. The average molecular weight is 234 g/mol. The van der Waals surface area contributed by atoms with E-state index in [-0.39, 0.29) is 17.8 Å². The van der Waals surface area contributed by atoms with Gasteiger partial charge in [0.25, 0.3) is 0 Å². The van der Waals surface area contributed by atoms with Crippen molar-refractivity contribution in [3.8, 4) is 0 Å². The predicted molar refractivity (Wildman–Crippen MR) is 65.7 cm³/mol. The lowest BCUT2D eigenvalue weighted by molar-refractivity contribution is 0.0809. The highest BCUT2D eigenvalue weighted by molar-refractivity contribution is 5.94. The molecule has 1 aromatic carbocycles. The number of aromatic nitrogens is 1. The number of nitrogens with zero attached hydrogens (tertiary/aromatic N) is 2. The molecular weight excluding hydrogens is 219 g/mol. The summed E-state index contributed by atoms with van der Waals surface area (Å²) in [6.07, 6.45) is 1.69. The number of halogens is 1. The molecule has 1 unspecified atom stereocenters. The smallest absolute Gasteiger partial charge is 0.248 e. The molecule has 2 rings (SSSR count). The second-order valence-electron chi connectivity index (χ2n) is 4.37. The number of rotatable bonds is 2. The predicted octanol–water partition coefficient (Wildman–Crippen LogP) is 2.37. The molecule has 0 aliphatic rings. The van der Waals surface area contributed by atoms with Crippen LogP contribution in [0.5, 0.6) is 0 Å². The van der Waals surface area contributed by atoms with Crippen molar-refractivity contribution in [1.82, 2.24) is 9.47 Å². The minimum absolute atomic E-state index is 0.0170. The zero-order chi connectivity index (χ0) is 12.6. The summed E-state index contributed by atoms with van der Waals surface area (Å²) in [6, 6.07) is 5.96. The van der Waals surface area contributed by atoms with E-state index in [0.29, 0.717) is 0 Å². The summed E-state index contributed by atoms with van der Waals surface area (Å²) in [5.41, 5.74) is 0.741. The lowest BCUT2D eigenvalue weighted by Gasteiger charge is -2.19. The quantitative estimate of drug-likeness (QED) is 0.797. The normalized spacial score (nSPS) is 13.2. The van der Waals surface area contributed by atoms with Crippen LogP contribution in [0, 0.1) is 5.82 Å². The molecule has 0 amide bonds. The van der Waals surface area contributed by atoms with Gasteiger partial charge < -0.3 is 0 Å². The first-order chi connectivity index (χ1) is 8.00. The Bertz CT molecular complexity index is 560. The molecule has 1 aromatic heterocycles. The molecule has 4 heteroatoms. The van der Waals surface area contributed by atoms with Crippen LogP contribution in [0.1, 0.15) is 11.7 Å². The molecule has 0 aliphatic heterocycles. The van der Waals surface area contributed by atoms with Gasteiger partial charge >= 0.3 is 0 Å². The largest absolute Gasteiger partial charge is 0.298 e. The lowest BCUT2D eigenvalue weighted by Crippen LogP contribution is -2.36. The molecule has 90 valence electrons. The van der Waals surface area contributed by atoms with Crippen molar-refractivity contribution in [2.45, 2.75) is 13.0 Å². The van der Waals surface area contributed by atoms with Gasteiger partial charge in [0, 0.05) is 11.6 Å². The Kier molecular flexibility index (Phi) is 2.98. The molecule has 0 saturated heterocycles. The maximum absolute atomic E-state index is 13.0. The summed E-state index contributed by atoms with van der Waals surface area (Å²) in [4.78, 5) is 14.0. The first-order valence-electron chi connectivity index (χ1n) is 5.48. The number of benzene rings is 1. The molecule has 0 fully saturated rings. The van der Waals surface area contributed by atoms with Gasteiger partial charge in [-0.25, -0.2) is 4.39 Å². The monoisotopic (exact) mass is 234 g/mol. The van der Waals surface area contributed by atoms with Gasteiger partial charge in [-0.15, -0.1) is 0 Å². The van der Waals surface area contributed by atoms with E-state index in [1.807, 2.05) is 25.9 Å². The zero-order valence-electron chi connectivity index (χ0n) is 10.1. The fourth-order valence-corrected chi connectivity index (χ4v) is 1.73. The van der Waals surface area contributed by atoms with Gasteiger partial charge in [0.1, 0.15) is 5.82 Å². The van der Waals surface area contributed by atoms with Gasteiger partial charge in [-0.3, -0.25) is 14.3 Å². The molecule has 0 radical (unpaired) electrons. The summed E-state index contributed by atoms with van der Waals surface area (Å²) >= 11 is 0. The summed E-state index contributed by atoms with van der Waals surface area (Å²) < 4.78 is 14.6. The average Bonchev–Trinajstić information content (AvgIpc) is 2.69. The molecule has 3 nitrogen and oxygen atoms in total. The Morgan fingerprint density at radius 2 is 2.06 bits per heavy atom. The number of carbonyl (C=O) groups excluding carboxylic acids is 1. The van der Waals surface area contributed by atoms with Crippen LogP contribution in [0.25, 0.3) is 10.9 Å². The van der Waals surface area contributed by atoms with Gasteiger partial charge in [0.05, 0.1) is 11.6 Å². The molecule has 0 N–H and O–H groups in total. The first kappa shape index (κ1) is 11.8. The van der Waals surface area contributed by atoms with E-state index in [1.54, 1.807) is 22.9 Å². The van der Waals surface area contributed by atoms with Crippen LogP contribution in [-0.2, 0) is 0 Å². The van der Waals surface area contributed by atoms with Crippen LogP contribution in [0.3, 0.4) is 0 Å². The fraction of sp³-hybridized carbons (Fsp3) is 0.308. The van der Waals surface area contributed by atoms with Gasteiger partial charge in [-0.1, -0.05) is 0 Å². The number of hydrogen-bond acceptors (Lipinski definition) is 2. The molecule has 1 heterocycles. The van der Waals surface area contributed by atoms with Crippen molar-refractivity contribution in [1.29, 1.82) is 0 Å². The van der Waals surface area contributed by atoms with Crippen LogP contribution in [0.15, 0.2) is 30.5 Å². The first-order valence-corrected chi connectivity index (χ1v) is 5.48. The number of fused-ring (bicyclic) bond motifs is 1. The Hall–Kier alpha value is -1.68. The van der Waals surface area contributed by atoms with Gasteiger partial charge in [0.2, 0.25) is 5.91 Å². The summed E-state index contributed by atoms with van der Waals surface area (Å²) in [6.45, 7) is 1.84. The maximum Gasteiger partial charge on any atom is 0.248 e. The Morgan fingerprint density at radius 3 is 2.71 bits per heavy atom. The molecule has 17 heavy (non-hydrogen) atoms. The van der Waals surface area contributed by atoms with Gasteiger partial charge in [-0.2, -0.15) is 0 Å². The van der Waals surface area contributed by atoms with Crippen molar-refractivity contribution < 1.29 is 9.18 Å². The molecule has 0 spiro atoms. The van der Waals surface area contributed by atoms with E-state index in [2.05, 4.69) is 0 Å². The third kappa shape index (κ3) is 2.08. The van der Waals surface area contributed by atoms with Crippen LogP contribution >= 0.6 is 0 Å². The van der Waals surface area contributed by atoms with E-state index in [9.17, 15) is 9.18 Å². The van der Waals surface area contributed by atoms with Crippen LogP contribution < -0.4 is 0 Å². The van der Waals surface area contributed by atoms with Crippen molar-refractivity contribution in [2.75, 3.05) is 14.1 Å². The van der Waals surface area contributed by atoms with E-state index < -0.39 is 0 Å². The van der Waals surface area contributed by atoms with E-state index in [1.165, 1.54) is 12.1 Å². The molecule has 1 atom stereocenters. The molecule has 0 bridgehead atoms. The van der Waals surface area contributed by atoms with Crippen LogP contribution in [0.2, 0.25) is 0 Å². The minimum atomic E-state index is -0.289. The number of carbonyl (C=O) groups is 1. The Balaban J connectivity index is 2.46. The van der Waals surface area contributed by atoms with E-state index in [4.69, 9.17) is 0 Å². The topological polar surface area (TPSA) is 25.2 Å². The van der Waals surface area contributed by atoms with Crippen LogP contribution in [0.4, 0.5) is 4.39 Å². The van der Waals surface area contributed by atoms with Crippen molar-refractivity contribution >= 4 is 16.8 Å². The fourth-order valence-electron chi connectivity index (χ4n) is 1.73. The van der Waals surface area contributed by atoms with Crippen LogP contribution in [-0.4, -0.2) is 35.5 Å². The Morgan fingerprint density at radius 1 is 1.35 bits per heavy atom. The number of hydrogen-bond donors (Lipinski definition) is 0. The van der Waals surface area contributed by atoms with Crippen molar-refractivity contribution in [2.24, 2.45) is 0 Å². The molecule has 2 aromatic rings. The highest BCUT2D eigenvalue weighted by atomic mass is 19.1. The van der Waals surface area contributed by atoms with Crippen molar-refractivity contribution in [3.63, 3.8) is 0 Å². The van der Waals surface area contributed by atoms with Gasteiger partial charge in [-0.05, 0) is 45.3 Å². The highest BCUT2D eigenvalue weighted by Crippen LogP contribution is 2.17. The number of likely N-dealkylation sites (N-methyl/N-ethyl adjacent to an activating group) is 1. The van der Waals surface area contributed by atoms with Gasteiger partial charge in [0.15, 0.2) is 0 Å². The standard InChI is InChI=1S/C13H15FN2O/c1-9(15(2)3)13(17)16-7-6-10-8-11(14)4-5-12(10)16/h4-9H,1-3H3. The third-order valence-electron chi connectivity index (χ3n) is 3.02. The zero-order valence-corrected chi connectivity index (χ0v) is 10.1. The molecule has 0 saturated carbocycles. The maximum atomic E-state index is 13.0. The molecular formula is C13H15FN2O. The van der Waals surface area contributed by atoms with E-state index >= 15 is 0 Å². The second kappa shape index (κ2) is 4.30. The minimum Gasteiger partial charge on any atom is -0.298 e. The molecule has 0 aliphatic carbocycles. The summed E-state index contributed by atoms with van der Waals surface area (Å²) in [5, 5.41) is 0.740. The SMILES string of the molecule is CC(C(=O)n1ccc2cc(F)ccc21)N(C)C. The lowest BCUT2D eigenvalue weighted by atomic mass is 10.2.